The fourth-order valence-corrected chi connectivity index (χ4v) is 1.88. The predicted molar refractivity (Wildman–Crippen MR) is 69.7 cm³/mol. The molecule has 0 saturated carbocycles. The molecule has 3 rings (SSSR count). The van der Waals surface area contributed by atoms with E-state index in [1.807, 2.05) is 36.7 Å². The van der Waals surface area contributed by atoms with Crippen molar-refractivity contribution in [1.29, 1.82) is 0 Å². The molecule has 2 aromatic heterocycles. The summed E-state index contributed by atoms with van der Waals surface area (Å²) in [5, 5.41) is 0. The van der Waals surface area contributed by atoms with Gasteiger partial charge in [0.1, 0.15) is 12.1 Å². The Balaban J connectivity index is 2.07. The minimum Gasteiger partial charge on any atom is -0.436 e. The van der Waals surface area contributed by atoms with E-state index >= 15 is 0 Å². The van der Waals surface area contributed by atoms with Crippen LogP contribution in [0.5, 0.6) is 0 Å². The van der Waals surface area contributed by atoms with E-state index < -0.39 is 0 Å². The Morgan fingerprint density at radius 1 is 1.22 bits per heavy atom. The fourth-order valence-electron chi connectivity index (χ4n) is 1.88. The largest absolute Gasteiger partial charge is 0.436 e. The SMILES string of the molecule is CC[n+]1ccc(-c2nc3ccc(N)cc3o2)cc1. The quantitative estimate of drug-likeness (QED) is 0.552. The van der Waals surface area contributed by atoms with Crippen LogP contribution in [0.2, 0.25) is 0 Å². The number of hydrogen-bond donors (Lipinski definition) is 1. The second-order valence-corrected chi connectivity index (χ2v) is 4.16. The lowest BCUT2D eigenvalue weighted by Crippen LogP contribution is -2.30. The molecule has 4 heteroatoms. The molecule has 2 N–H and O–H groups in total. The van der Waals surface area contributed by atoms with Crippen molar-refractivity contribution in [2.45, 2.75) is 13.5 Å². The molecule has 0 atom stereocenters. The van der Waals surface area contributed by atoms with Gasteiger partial charge in [-0.15, -0.1) is 0 Å². The number of nitrogens with zero attached hydrogens (tertiary/aromatic N) is 2. The van der Waals surface area contributed by atoms with E-state index in [4.69, 9.17) is 10.2 Å². The molecular weight excluding hydrogens is 226 g/mol. The summed E-state index contributed by atoms with van der Waals surface area (Å²) in [6, 6.07) is 9.48. The van der Waals surface area contributed by atoms with Gasteiger partial charge >= 0.3 is 0 Å². The summed E-state index contributed by atoms with van der Waals surface area (Å²) in [6.07, 6.45) is 4.02. The van der Waals surface area contributed by atoms with Crippen LogP contribution in [-0.2, 0) is 6.54 Å². The van der Waals surface area contributed by atoms with Crippen molar-refractivity contribution in [3.8, 4) is 11.5 Å². The molecule has 0 unspecified atom stereocenters. The number of aromatic nitrogens is 2. The Bertz CT molecular complexity index is 686. The summed E-state index contributed by atoms with van der Waals surface area (Å²) in [4.78, 5) is 4.45. The molecular formula is C14H14N3O+. The molecule has 0 aliphatic heterocycles. The van der Waals surface area contributed by atoms with Crippen molar-refractivity contribution in [3.05, 3.63) is 42.7 Å². The molecule has 0 spiro atoms. The number of aryl methyl sites for hydroxylation is 1. The lowest BCUT2D eigenvalue weighted by atomic mass is 10.2. The zero-order chi connectivity index (χ0) is 12.5. The molecule has 18 heavy (non-hydrogen) atoms. The first-order chi connectivity index (χ1) is 8.76. The lowest BCUT2D eigenvalue weighted by Gasteiger charge is -1.93. The maximum atomic E-state index is 5.72. The standard InChI is InChI=1S/C14H13N3O/c1-2-17-7-5-10(6-8-17)14-16-12-4-3-11(15)9-13(12)18-14/h3-9,15H,2H2,1H3/p+1. The van der Waals surface area contributed by atoms with E-state index in [9.17, 15) is 0 Å². The maximum Gasteiger partial charge on any atom is 0.227 e. The number of rotatable bonds is 2. The molecule has 90 valence electrons. The van der Waals surface area contributed by atoms with E-state index in [0.29, 0.717) is 11.6 Å². The molecule has 0 radical (unpaired) electrons. The summed E-state index contributed by atoms with van der Waals surface area (Å²) in [5.41, 5.74) is 8.91. The monoisotopic (exact) mass is 240 g/mol. The zero-order valence-corrected chi connectivity index (χ0v) is 10.1. The second-order valence-electron chi connectivity index (χ2n) is 4.16. The number of fused-ring (bicyclic) bond motifs is 1. The predicted octanol–water partition coefficient (Wildman–Crippen LogP) is 2.38. The molecule has 1 aromatic carbocycles. The van der Waals surface area contributed by atoms with Crippen LogP contribution in [0.15, 0.2) is 47.1 Å². The van der Waals surface area contributed by atoms with Crippen LogP contribution in [0, 0.1) is 0 Å². The van der Waals surface area contributed by atoms with Gasteiger partial charge in [-0.2, -0.15) is 0 Å². The molecule has 0 aliphatic carbocycles. The highest BCUT2D eigenvalue weighted by Gasteiger charge is 2.09. The Morgan fingerprint density at radius 3 is 2.72 bits per heavy atom. The van der Waals surface area contributed by atoms with Crippen molar-refractivity contribution in [2.75, 3.05) is 5.73 Å². The molecule has 0 fully saturated rings. The highest BCUT2D eigenvalue weighted by molar-refractivity contribution is 5.79. The van der Waals surface area contributed by atoms with Crippen LogP contribution in [0.25, 0.3) is 22.6 Å². The Morgan fingerprint density at radius 2 is 2.00 bits per heavy atom. The first-order valence-corrected chi connectivity index (χ1v) is 5.92. The van der Waals surface area contributed by atoms with Gasteiger partial charge in [-0.05, 0) is 19.1 Å². The van der Waals surface area contributed by atoms with E-state index in [2.05, 4.69) is 16.5 Å². The third-order valence-corrected chi connectivity index (χ3v) is 2.92. The number of anilines is 1. The number of pyridine rings is 1. The van der Waals surface area contributed by atoms with E-state index in [1.54, 1.807) is 6.07 Å². The van der Waals surface area contributed by atoms with Crippen LogP contribution in [-0.4, -0.2) is 4.98 Å². The van der Waals surface area contributed by atoms with Gasteiger partial charge in [0.25, 0.3) is 0 Å². The topological polar surface area (TPSA) is 55.9 Å². The summed E-state index contributed by atoms with van der Waals surface area (Å²) in [6.45, 7) is 3.05. The molecule has 3 aromatic rings. The highest BCUT2D eigenvalue weighted by Crippen LogP contribution is 2.24. The van der Waals surface area contributed by atoms with Gasteiger partial charge in [0.05, 0.1) is 0 Å². The third-order valence-electron chi connectivity index (χ3n) is 2.92. The minimum atomic E-state index is 0.624. The third kappa shape index (κ3) is 1.82. The van der Waals surface area contributed by atoms with Crippen LogP contribution in [0.3, 0.4) is 0 Å². The van der Waals surface area contributed by atoms with Gasteiger partial charge in [0, 0.05) is 29.4 Å². The first-order valence-electron chi connectivity index (χ1n) is 5.92. The van der Waals surface area contributed by atoms with Gasteiger partial charge in [0.15, 0.2) is 18.0 Å². The van der Waals surface area contributed by atoms with Crippen molar-refractivity contribution >= 4 is 16.8 Å². The molecule has 0 aliphatic rings. The highest BCUT2D eigenvalue weighted by atomic mass is 16.3. The Hall–Kier alpha value is -2.36. The molecule has 0 amide bonds. The molecule has 2 heterocycles. The average molecular weight is 240 g/mol. The number of oxazole rings is 1. The zero-order valence-electron chi connectivity index (χ0n) is 10.1. The molecule has 4 nitrogen and oxygen atoms in total. The smallest absolute Gasteiger partial charge is 0.227 e. The van der Waals surface area contributed by atoms with E-state index in [-0.39, 0.29) is 0 Å². The number of nitrogen functional groups attached to an aromatic ring is 1. The molecule has 0 bridgehead atoms. The normalized spacial score (nSPS) is 10.9. The van der Waals surface area contributed by atoms with Crippen LogP contribution in [0.1, 0.15) is 6.92 Å². The number of benzene rings is 1. The van der Waals surface area contributed by atoms with Crippen LogP contribution < -0.4 is 10.3 Å². The van der Waals surface area contributed by atoms with Gasteiger partial charge in [-0.1, -0.05) is 0 Å². The van der Waals surface area contributed by atoms with Gasteiger partial charge in [0.2, 0.25) is 5.89 Å². The van der Waals surface area contributed by atoms with E-state index in [1.165, 1.54) is 0 Å². The molecule has 0 saturated heterocycles. The number of hydrogen-bond acceptors (Lipinski definition) is 3. The van der Waals surface area contributed by atoms with Crippen molar-refractivity contribution in [3.63, 3.8) is 0 Å². The summed E-state index contributed by atoms with van der Waals surface area (Å²) >= 11 is 0. The summed E-state index contributed by atoms with van der Waals surface area (Å²) in [5.74, 6) is 0.624. The lowest BCUT2D eigenvalue weighted by molar-refractivity contribution is -0.693. The van der Waals surface area contributed by atoms with Crippen molar-refractivity contribution in [1.82, 2.24) is 4.98 Å². The van der Waals surface area contributed by atoms with Gasteiger partial charge < -0.3 is 10.2 Å². The van der Waals surface area contributed by atoms with Crippen LogP contribution in [0.4, 0.5) is 5.69 Å². The summed E-state index contributed by atoms with van der Waals surface area (Å²) in [7, 11) is 0. The summed E-state index contributed by atoms with van der Waals surface area (Å²) < 4.78 is 7.80. The van der Waals surface area contributed by atoms with Gasteiger partial charge in [-0.25, -0.2) is 9.55 Å². The van der Waals surface area contributed by atoms with Gasteiger partial charge in [-0.3, -0.25) is 0 Å². The maximum absolute atomic E-state index is 5.72. The average Bonchev–Trinajstić information content (AvgIpc) is 2.81. The van der Waals surface area contributed by atoms with E-state index in [0.717, 1.165) is 23.2 Å². The van der Waals surface area contributed by atoms with Crippen molar-refractivity contribution in [2.24, 2.45) is 0 Å². The minimum absolute atomic E-state index is 0.624. The Kier molecular flexibility index (Phi) is 2.48. The first kappa shape index (κ1) is 10.8. The second kappa shape index (κ2) is 4.14. The van der Waals surface area contributed by atoms with Crippen LogP contribution >= 0.6 is 0 Å². The Labute approximate surface area is 105 Å². The fraction of sp³-hybridized carbons (Fsp3) is 0.143. The number of nitrogens with two attached hydrogens (primary N) is 1. The van der Waals surface area contributed by atoms with Crippen molar-refractivity contribution < 1.29 is 8.98 Å².